The Bertz CT molecular complexity index is 515. The molecule has 0 fully saturated rings. The second kappa shape index (κ2) is 3.58. The summed E-state index contributed by atoms with van der Waals surface area (Å²) >= 11 is 0. The van der Waals surface area contributed by atoms with Gasteiger partial charge in [-0.1, -0.05) is 0 Å². The Hall–Kier alpha value is -2.08. The fourth-order valence-electron chi connectivity index (χ4n) is 1.46. The fourth-order valence-corrected chi connectivity index (χ4v) is 1.46. The third kappa shape index (κ3) is 1.62. The van der Waals surface area contributed by atoms with E-state index in [4.69, 9.17) is 5.26 Å². The van der Waals surface area contributed by atoms with Crippen LogP contribution in [0.1, 0.15) is 17.0 Å². The maximum Gasteiger partial charge on any atom is 0.0997 e. The van der Waals surface area contributed by atoms with Gasteiger partial charge in [0.15, 0.2) is 0 Å². The van der Waals surface area contributed by atoms with Crippen molar-refractivity contribution in [2.24, 2.45) is 0 Å². The SMILES string of the molecule is Cc1ncn(-c2ccc(C#N)cc2)c1C. The van der Waals surface area contributed by atoms with E-state index in [9.17, 15) is 0 Å². The summed E-state index contributed by atoms with van der Waals surface area (Å²) in [7, 11) is 0. The fraction of sp³-hybridized carbons (Fsp3) is 0.167. The van der Waals surface area contributed by atoms with Gasteiger partial charge in [-0.25, -0.2) is 4.98 Å². The van der Waals surface area contributed by atoms with Crippen LogP contribution in [-0.2, 0) is 0 Å². The van der Waals surface area contributed by atoms with E-state index in [2.05, 4.69) is 11.1 Å². The first kappa shape index (κ1) is 9.47. The van der Waals surface area contributed by atoms with Crippen molar-refractivity contribution in [3.8, 4) is 11.8 Å². The zero-order chi connectivity index (χ0) is 10.8. The molecule has 2 rings (SSSR count). The van der Waals surface area contributed by atoms with Gasteiger partial charge < -0.3 is 4.57 Å². The zero-order valence-electron chi connectivity index (χ0n) is 8.73. The van der Waals surface area contributed by atoms with Crippen LogP contribution in [0.15, 0.2) is 30.6 Å². The molecule has 1 aromatic heterocycles. The summed E-state index contributed by atoms with van der Waals surface area (Å²) in [6, 6.07) is 9.57. The minimum absolute atomic E-state index is 0.674. The molecule has 1 heterocycles. The van der Waals surface area contributed by atoms with Gasteiger partial charge in [0.2, 0.25) is 0 Å². The monoisotopic (exact) mass is 197 g/mol. The molecule has 0 amide bonds. The van der Waals surface area contributed by atoms with E-state index < -0.39 is 0 Å². The Balaban J connectivity index is 2.47. The van der Waals surface area contributed by atoms with Crippen LogP contribution in [-0.4, -0.2) is 9.55 Å². The average molecular weight is 197 g/mol. The Morgan fingerprint density at radius 1 is 1.20 bits per heavy atom. The second-order valence-corrected chi connectivity index (χ2v) is 3.44. The lowest BCUT2D eigenvalue weighted by molar-refractivity contribution is 1.00. The molecule has 0 bridgehead atoms. The highest BCUT2D eigenvalue weighted by Gasteiger charge is 2.03. The normalized spacial score (nSPS) is 9.93. The first-order valence-electron chi connectivity index (χ1n) is 4.73. The third-order valence-corrected chi connectivity index (χ3v) is 2.53. The quantitative estimate of drug-likeness (QED) is 0.704. The molecule has 0 aliphatic carbocycles. The predicted molar refractivity (Wildman–Crippen MR) is 57.8 cm³/mol. The van der Waals surface area contributed by atoms with Gasteiger partial charge in [0.1, 0.15) is 0 Å². The Kier molecular flexibility index (Phi) is 2.26. The molecule has 0 N–H and O–H groups in total. The zero-order valence-corrected chi connectivity index (χ0v) is 8.73. The molecule has 3 nitrogen and oxygen atoms in total. The molecule has 0 radical (unpaired) electrons. The second-order valence-electron chi connectivity index (χ2n) is 3.44. The van der Waals surface area contributed by atoms with E-state index >= 15 is 0 Å². The predicted octanol–water partition coefficient (Wildman–Crippen LogP) is 2.36. The van der Waals surface area contributed by atoms with Crippen LogP contribution in [0.5, 0.6) is 0 Å². The topological polar surface area (TPSA) is 41.6 Å². The van der Waals surface area contributed by atoms with Gasteiger partial charge in [-0.05, 0) is 38.1 Å². The van der Waals surface area contributed by atoms with Gasteiger partial charge in [0.25, 0.3) is 0 Å². The van der Waals surface area contributed by atoms with Gasteiger partial charge in [0.05, 0.1) is 23.7 Å². The van der Waals surface area contributed by atoms with E-state index in [1.807, 2.05) is 42.7 Å². The molecule has 0 saturated carbocycles. The molecule has 0 aliphatic heterocycles. The van der Waals surface area contributed by atoms with Gasteiger partial charge in [0, 0.05) is 11.4 Å². The van der Waals surface area contributed by atoms with Crippen LogP contribution < -0.4 is 0 Å². The number of aryl methyl sites for hydroxylation is 1. The molecule has 15 heavy (non-hydrogen) atoms. The number of nitriles is 1. The number of rotatable bonds is 1. The molecule has 0 atom stereocenters. The number of nitrogens with zero attached hydrogens (tertiary/aromatic N) is 3. The summed E-state index contributed by atoms with van der Waals surface area (Å²) in [5.74, 6) is 0. The van der Waals surface area contributed by atoms with E-state index in [1.54, 1.807) is 6.33 Å². The summed E-state index contributed by atoms with van der Waals surface area (Å²) in [6.45, 7) is 4.01. The first-order chi connectivity index (χ1) is 7.22. The van der Waals surface area contributed by atoms with E-state index in [0.29, 0.717) is 5.56 Å². The van der Waals surface area contributed by atoms with Crippen molar-refractivity contribution in [3.63, 3.8) is 0 Å². The van der Waals surface area contributed by atoms with Crippen molar-refractivity contribution in [1.82, 2.24) is 9.55 Å². The van der Waals surface area contributed by atoms with Gasteiger partial charge in [-0.3, -0.25) is 0 Å². The van der Waals surface area contributed by atoms with Gasteiger partial charge in [-0.15, -0.1) is 0 Å². The van der Waals surface area contributed by atoms with E-state index in [-0.39, 0.29) is 0 Å². The smallest absolute Gasteiger partial charge is 0.0997 e. The number of aromatic nitrogens is 2. The van der Waals surface area contributed by atoms with Crippen LogP contribution in [0.25, 0.3) is 5.69 Å². The molecule has 2 aromatic rings. The minimum Gasteiger partial charge on any atom is -0.303 e. The van der Waals surface area contributed by atoms with Crippen molar-refractivity contribution in [2.75, 3.05) is 0 Å². The van der Waals surface area contributed by atoms with Gasteiger partial charge >= 0.3 is 0 Å². The molecule has 0 unspecified atom stereocenters. The van der Waals surface area contributed by atoms with E-state index in [1.165, 1.54) is 0 Å². The molecule has 0 saturated heterocycles. The standard InChI is InChI=1S/C12H11N3/c1-9-10(2)15(8-14-9)12-5-3-11(7-13)4-6-12/h3-6,8H,1-2H3. The van der Waals surface area contributed by atoms with Crippen LogP contribution in [0.2, 0.25) is 0 Å². The first-order valence-corrected chi connectivity index (χ1v) is 4.73. The van der Waals surface area contributed by atoms with Crippen LogP contribution in [0.3, 0.4) is 0 Å². The summed E-state index contributed by atoms with van der Waals surface area (Å²) < 4.78 is 2.01. The Morgan fingerprint density at radius 2 is 1.87 bits per heavy atom. The number of hydrogen-bond donors (Lipinski definition) is 0. The lowest BCUT2D eigenvalue weighted by Gasteiger charge is -2.04. The Labute approximate surface area is 88.6 Å². The molecule has 74 valence electrons. The summed E-state index contributed by atoms with van der Waals surface area (Å²) in [5.41, 5.74) is 3.86. The highest BCUT2D eigenvalue weighted by Crippen LogP contribution is 2.13. The molecule has 1 aromatic carbocycles. The van der Waals surface area contributed by atoms with Crippen molar-refractivity contribution in [2.45, 2.75) is 13.8 Å². The number of imidazole rings is 1. The van der Waals surface area contributed by atoms with Crippen LogP contribution in [0, 0.1) is 25.2 Å². The van der Waals surface area contributed by atoms with Crippen molar-refractivity contribution in [3.05, 3.63) is 47.5 Å². The summed E-state index contributed by atoms with van der Waals surface area (Å²) in [6.07, 6.45) is 1.80. The van der Waals surface area contributed by atoms with Crippen molar-refractivity contribution < 1.29 is 0 Å². The number of hydrogen-bond acceptors (Lipinski definition) is 2. The highest BCUT2D eigenvalue weighted by atomic mass is 15.1. The van der Waals surface area contributed by atoms with Crippen LogP contribution >= 0.6 is 0 Å². The molecular weight excluding hydrogens is 186 g/mol. The molecule has 0 aliphatic rings. The summed E-state index contributed by atoms with van der Waals surface area (Å²) in [5, 5.41) is 8.69. The lowest BCUT2D eigenvalue weighted by Crippen LogP contribution is -1.94. The average Bonchev–Trinajstić information content (AvgIpc) is 2.60. The Morgan fingerprint density at radius 3 is 2.33 bits per heavy atom. The number of benzene rings is 1. The van der Waals surface area contributed by atoms with Crippen molar-refractivity contribution >= 4 is 0 Å². The third-order valence-electron chi connectivity index (χ3n) is 2.53. The van der Waals surface area contributed by atoms with Crippen molar-refractivity contribution in [1.29, 1.82) is 5.26 Å². The molecule has 3 heteroatoms. The molecular formula is C12H11N3. The minimum atomic E-state index is 0.674. The van der Waals surface area contributed by atoms with Gasteiger partial charge in [-0.2, -0.15) is 5.26 Å². The largest absolute Gasteiger partial charge is 0.303 e. The summed E-state index contributed by atoms with van der Waals surface area (Å²) in [4.78, 5) is 4.23. The van der Waals surface area contributed by atoms with Crippen LogP contribution in [0.4, 0.5) is 0 Å². The highest BCUT2D eigenvalue weighted by molar-refractivity contribution is 5.40. The van der Waals surface area contributed by atoms with E-state index in [0.717, 1.165) is 17.1 Å². The lowest BCUT2D eigenvalue weighted by atomic mass is 10.2. The maximum atomic E-state index is 8.69. The maximum absolute atomic E-state index is 8.69. The molecule has 0 spiro atoms.